The molecule has 3 aliphatic carbocycles. The summed E-state index contributed by atoms with van der Waals surface area (Å²) >= 11 is 0. The third-order valence-corrected chi connectivity index (χ3v) is 12.7. The Morgan fingerprint density at radius 1 is 1.04 bits per heavy atom. The van der Waals surface area contributed by atoms with Gasteiger partial charge in [-0.15, -0.1) is 0 Å². The van der Waals surface area contributed by atoms with E-state index in [0.29, 0.717) is 5.57 Å². The zero-order chi connectivity index (χ0) is 37.7. The summed E-state index contributed by atoms with van der Waals surface area (Å²) in [6, 6.07) is 0. The summed E-state index contributed by atoms with van der Waals surface area (Å²) in [4.78, 5) is 40.8. The number of aliphatic hydroxyl groups excluding tert-OH is 7. The summed E-state index contributed by atoms with van der Waals surface area (Å²) in [5.74, 6) is -6.60. The number of hydrogen-bond donors (Lipinski definition) is 8. The molecule has 286 valence electrons. The van der Waals surface area contributed by atoms with E-state index < -0.39 is 138 Å². The normalized spacial score (nSPS) is 49.3. The van der Waals surface area contributed by atoms with Gasteiger partial charge in [0.05, 0.1) is 44.1 Å². The highest BCUT2D eigenvalue weighted by atomic mass is 16.7. The molecule has 0 aromatic rings. The van der Waals surface area contributed by atoms with Gasteiger partial charge in [-0.3, -0.25) is 0 Å². The fraction of sp³-hybridized carbons (Fsp3) is 0.794. The Hall–Kier alpha value is -2.55. The molecule has 51 heavy (non-hydrogen) atoms. The van der Waals surface area contributed by atoms with E-state index in [2.05, 4.69) is 0 Å². The van der Waals surface area contributed by atoms with E-state index in [4.69, 9.17) is 28.4 Å². The maximum absolute atomic E-state index is 13.8. The fourth-order valence-corrected chi connectivity index (χ4v) is 9.91. The van der Waals surface area contributed by atoms with Crippen LogP contribution in [0.3, 0.4) is 0 Å². The highest BCUT2D eigenvalue weighted by Gasteiger charge is 2.85. The third-order valence-electron chi connectivity index (χ3n) is 12.7. The van der Waals surface area contributed by atoms with E-state index >= 15 is 0 Å². The van der Waals surface area contributed by atoms with Crippen molar-refractivity contribution in [2.75, 3.05) is 20.3 Å². The number of carbonyl (C=O) groups excluding carboxylic acids is 3. The van der Waals surface area contributed by atoms with Crippen molar-refractivity contribution in [3.05, 3.63) is 23.3 Å². The van der Waals surface area contributed by atoms with Gasteiger partial charge in [-0.25, -0.2) is 14.4 Å². The lowest BCUT2D eigenvalue weighted by atomic mass is 9.37. The van der Waals surface area contributed by atoms with Crippen molar-refractivity contribution in [1.82, 2.24) is 0 Å². The molecule has 6 aliphatic rings. The Labute approximate surface area is 293 Å². The van der Waals surface area contributed by atoms with Gasteiger partial charge in [-0.05, 0) is 45.6 Å². The summed E-state index contributed by atoms with van der Waals surface area (Å²) < 4.78 is 34.4. The molecular weight excluding hydrogens is 680 g/mol. The Morgan fingerprint density at radius 3 is 2.31 bits per heavy atom. The van der Waals surface area contributed by atoms with Gasteiger partial charge in [-0.2, -0.15) is 0 Å². The van der Waals surface area contributed by atoms with Crippen molar-refractivity contribution < 1.29 is 83.7 Å². The van der Waals surface area contributed by atoms with Gasteiger partial charge >= 0.3 is 17.9 Å². The number of hydrogen-bond acceptors (Lipinski definition) is 17. The van der Waals surface area contributed by atoms with E-state index in [1.807, 2.05) is 0 Å². The molecule has 0 amide bonds. The minimum absolute atomic E-state index is 0.0448. The summed E-state index contributed by atoms with van der Waals surface area (Å²) in [6.07, 6.45) is -15.3. The first-order chi connectivity index (χ1) is 23.7. The van der Waals surface area contributed by atoms with Gasteiger partial charge in [0.25, 0.3) is 0 Å². The largest absolute Gasteiger partial charge is 0.467 e. The second-order valence-corrected chi connectivity index (χ2v) is 15.6. The molecule has 17 nitrogen and oxygen atoms in total. The Bertz CT molecular complexity index is 1490. The smallest absolute Gasteiger partial charge is 0.348 e. The predicted octanol–water partition coefficient (Wildman–Crippen LogP) is -3.03. The topological polar surface area (TPSA) is 268 Å². The van der Waals surface area contributed by atoms with Crippen molar-refractivity contribution in [2.45, 2.75) is 120 Å². The molecule has 1 spiro atoms. The standard InChI is InChI=1S/C34H48O17/c1-12-7-15(48-29-21(39)20(38)19(37)16(10-35)49-29)26(41)32(5)14(12)9-17-33-11-47-34(30(44)46-6,27(42)22(40)24(32)33)25(33)23(28(43)50-17)51-18(36)8-13(2)31(3,4)45/h7-8,14-17,19-27,29,35,37-42,45H,9-11H2,1-6H3/b13-8+/t14-,15-,16+,17+,19+,20-,21+,22+,23+,24?,25+,26+,27-,29+,32-,33+,34-/m0/s1. The average molecular weight is 729 g/mol. The third kappa shape index (κ3) is 5.26. The van der Waals surface area contributed by atoms with E-state index in [-0.39, 0.29) is 12.0 Å². The van der Waals surface area contributed by atoms with E-state index in [1.54, 1.807) is 19.9 Å². The molecule has 1 unspecified atom stereocenters. The number of esters is 3. The number of methoxy groups -OCH3 is 1. The zero-order valence-electron chi connectivity index (χ0n) is 29.1. The molecule has 6 rings (SSSR count). The summed E-state index contributed by atoms with van der Waals surface area (Å²) in [7, 11) is 1.03. The highest BCUT2D eigenvalue weighted by molar-refractivity contribution is 5.89. The molecule has 17 atom stereocenters. The highest BCUT2D eigenvalue weighted by Crippen LogP contribution is 2.73. The first-order valence-corrected chi connectivity index (χ1v) is 17.0. The number of allylic oxidation sites excluding steroid dienone is 1. The van der Waals surface area contributed by atoms with Crippen LogP contribution in [0.1, 0.15) is 41.0 Å². The van der Waals surface area contributed by atoms with Crippen molar-refractivity contribution in [3.8, 4) is 0 Å². The average Bonchev–Trinajstić information content (AvgIpc) is 3.37. The second kappa shape index (κ2) is 12.8. The Kier molecular flexibility index (Phi) is 9.58. The van der Waals surface area contributed by atoms with Crippen LogP contribution < -0.4 is 0 Å². The minimum atomic E-state index is -2.41. The van der Waals surface area contributed by atoms with Crippen molar-refractivity contribution in [3.63, 3.8) is 0 Å². The fourth-order valence-electron chi connectivity index (χ4n) is 9.91. The van der Waals surface area contributed by atoms with Crippen molar-refractivity contribution in [1.29, 1.82) is 0 Å². The van der Waals surface area contributed by atoms with E-state index in [0.717, 1.165) is 13.2 Å². The zero-order valence-corrected chi connectivity index (χ0v) is 29.1. The van der Waals surface area contributed by atoms with Gasteiger partial charge in [0.15, 0.2) is 6.29 Å². The first-order valence-electron chi connectivity index (χ1n) is 17.0. The maximum atomic E-state index is 13.8. The van der Waals surface area contributed by atoms with Crippen LogP contribution in [-0.2, 0) is 42.8 Å². The van der Waals surface area contributed by atoms with Gasteiger partial charge in [0, 0.05) is 22.8 Å². The lowest BCUT2D eigenvalue weighted by Crippen LogP contribution is -2.80. The molecule has 5 fully saturated rings. The number of carbonyl (C=O) groups is 3. The quantitative estimate of drug-likeness (QED) is 0.0561. The maximum Gasteiger partial charge on any atom is 0.348 e. The van der Waals surface area contributed by atoms with Crippen LogP contribution in [0.25, 0.3) is 0 Å². The minimum Gasteiger partial charge on any atom is -0.467 e. The molecular formula is C34H48O17. The monoisotopic (exact) mass is 728 g/mol. The SMILES string of the molecule is COC(=O)[C@@]12OC[C@]34C([C@@H](O)[C@@H]1O)[C@@]1(C)[C@H](O)[C@@H](O[C@@H]5O[C@H](CO)[C@@H](O)[C@H](O)[C@H]5O)C=C(C)[C@@H]1C[C@H]3OC(=O)[C@H](OC(=O)/C=C(\C)C(C)(C)O)[C@@H]24. The Morgan fingerprint density at radius 2 is 1.71 bits per heavy atom. The van der Waals surface area contributed by atoms with Crippen LogP contribution in [0.5, 0.6) is 0 Å². The van der Waals surface area contributed by atoms with E-state index in [9.17, 15) is 55.2 Å². The van der Waals surface area contributed by atoms with Crippen LogP contribution in [0.2, 0.25) is 0 Å². The van der Waals surface area contributed by atoms with Gasteiger partial charge in [0.1, 0.15) is 42.7 Å². The molecule has 3 heterocycles. The van der Waals surface area contributed by atoms with E-state index in [1.165, 1.54) is 20.8 Å². The lowest BCUT2D eigenvalue weighted by molar-refractivity contribution is -0.330. The van der Waals surface area contributed by atoms with Crippen molar-refractivity contribution >= 4 is 17.9 Å². The van der Waals surface area contributed by atoms with Crippen LogP contribution in [0.4, 0.5) is 0 Å². The lowest BCUT2D eigenvalue weighted by Gasteiger charge is -2.68. The number of aliphatic hydroxyl groups is 8. The van der Waals surface area contributed by atoms with Gasteiger partial charge < -0.3 is 69.3 Å². The summed E-state index contributed by atoms with van der Waals surface area (Å²) in [6.45, 7) is 6.59. The van der Waals surface area contributed by atoms with Crippen LogP contribution in [-0.4, -0.2) is 158 Å². The summed E-state index contributed by atoms with van der Waals surface area (Å²) in [5, 5.41) is 87.6. The predicted molar refractivity (Wildman–Crippen MR) is 167 cm³/mol. The molecule has 2 saturated carbocycles. The molecule has 3 aliphatic heterocycles. The van der Waals surface area contributed by atoms with Gasteiger partial charge in [0.2, 0.25) is 11.7 Å². The van der Waals surface area contributed by atoms with Crippen LogP contribution in [0.15, 0.2) is 23.3 Å². The van der Waals surface area contributed by atoms with Crippen LogP contribution in [0, 0.1) is 28.6 Å². The van der Waals surface area contributed by atoms with Crippen LogP contribution >= 0.6 is 0 Å². The molecule has 8 N–H and O–H groups in total. The Balaban J connectivity index is 1.45. The number of fused-ring (bicyclic) bond motifs is 2. The number of ether oxygens (including phenoxy) is 6. The molecule has 3 saturated heterocycles. The number of rotatable bonds is 7. The van der Waals surface area contributed by atoms with Gasteiger partial charge in [-0.1, -0.05) is 18.6 Å². The second-order valence-electron chi connectivity index (χ2n) is 15.6. The molecule has 17 heteroatoms. The molecule has 0 radical (unpaired) electrons. The molecule has 0 aromatic heterocycles. The molecule has 0 aromatic carbocycles. The van der Waals surface area contributed by atoms with Crippen molar-refractivity contribution in [2.24, 2.45) is 28.6 Å². The summed E-state index contributed by atoms with van der Waals surface area (Å²) in [5.41, 5.74) is -6.09. The first kappa shape index (κ1) is 38.2. The molecule has 2 bridgehead atoms.